The third kappa shape index (κ3) is 3.95. The second-order valence-corrected chi connectivity index (χ2v) is 6.37. The molecular formula is C18H17N3O3S. The number of H-pyrrole nitrogens is 1. The fraction of sp³-hybridized carbons (Fsp3) is 0.167. The van der Waals surface area contributed by atoms with Crippen LogP contribution < -0.4 is 0 Å². The molecule has 6 nitrogen and oxygen atoms in total. The second kappa shape index (κ2) is 7.76. The van der Waals surface area contributed by atoms with Gasteiger partial charge >= 0.3 is 5.97 Å². The summed E-state index contributed by atoms with van der Waals surface area (Å²) in [6.45, 7) is 4.19. The van der Waals surface area contributed by atoms with Crippen LogP contribution in [0.25, 0.3) is 10.9 Å². The molecule has 128 valence electrons. The minimum Gasteiger partial charge on any atom is -0.451 e. The Morgan fingerprint density at radius 1 is 1.28 bits per heavy atom. The molecule has 0 aliphatic heterocycles. The summed E-state index contributed by atoms with van der Waals surface area (Å²) in [5.41, 5.74) is 0.920. The van der Waals surface area contributed by atoms with Gasteiger partial charge < -0.3 is 9.64 Å². The monoisotopic (exact) mass is 355 g/mol. The Bertz CT molecular complexity index is 886. The van der Waals surface area contributed by atoms with Gasteiger partial charge in [-0.3, -0.25) is 9.89 Å². The first-order valence-electron chi connectivity index (χ1n) is 7.70. The molecule has 0 aliphatic rings. The summed E-state index contributed by atoms with van der Waals surface area (Å²) in [6.07, 6.45) is 1.65. The molecule has 2 heterocycles. The topological polar surface area (TPSA) is 75.3 Å². The first kappa shape index (κ1) is 16.9. The summed E-state index contributed by atoms with van der Waals surface area (Å²) in [7, 11) is 0. The molecule has 1 N–H and O–H groups in total. The average Bonchev–Trinajstić information content (AvgIpc) is 3.28. The SMILES string of the molecule is C=CCN(Cc1cccs1)C(=O)COC(=O)c1n[nH]c2ccccc12. The molecule has 2 aromatic heterocycles. The summed E-state index contributed by atoms with van der Waals surface area (Å²) < 4.78 is 5.16. The quantitative estimate of drug-likeness (QED) is 0.522. The van der Waals surface area contributed by atoms with Gasteiger partial charge in [-0.25, -0.2) is 4.79 Å². The van der Waals surface area contributed by atoms with Crippen LogP contribution in [0.1, 0.15) is 15.4 Å². The number of hydrogen-bond acceptors (Lipinski definition) is 5. The number of carbonyl (C=O) groups is 2. The number of benzene rings is 1. The van der Waals surface area contributed by atoms with Gasteiger partial charge in [0.1, 0.15) is 0 Å². The Morgan fingerprint density at radius 3 is 2.88 bits per heavy atom. The highest BCUT2D eigenvalue weighted by Gasteiger charge is 2.19. The van der Waals surface area contributed by atoms with Crippen molar-refractivity contribution in [3.8, 4) is 0 Å². The average molecular weight is 355 g/mol. The maximum Gasteiger partial charge on any atom is 0.359 e. The highest BCUT2D eigenvalue weighted by Crippen LogP contribution is 2.16. The minimum absolute atomic E-state index is 0.178. The Labute approximate surface area is 148 Å². The van der Waals surface area contributed by atoms with Crippen molar-refractivity contribution in [2.75, 3.05) is 13.2 Å². The van der Waals surface area contributed by atoms with Gasteiger partial charge in [-0.2, -0.15) is 5.10 Å². The number of hydrogen-bond donors (Lipinski definition) is 1. The summed E-state index contributed by atoms with van der Waals surface area (Å²) >= 11 is 1.57. The normalized spacial score (nSPS) is 10.6. The lowest BCUT2D eigenvalue weighted by Crippen LogP contribution is -2.34. The predicted molar refractivity (Wildman–Crippen MR) is 96.3 cm³/mol. The van der Waals surface area contributed by atoms with E-state index in [4.69, 9.17) is 4.74 Å². The zero-order valence-corrected chi connectivity index (χ0v) is 14.3. The van der Waals surface area contributed by atoms with Gasteiger partial charge in [0.25, 0.3) is 5.91 Å². The van der Waals surface area contributed by atoms with E-state index in [1.54, 1.807) is 28.4 Å². The standard InChI is InChI=1S/C18H17N3O3S/c1-2-9-21(11-13-6-5-10-25-13)16(22)12-24-18(23)17-14-7-3-4-8-15(14)19-20-17/h2-8,10H,1,9,11-12H2,(H,19,20). The van der Waals surface area contributed by atoms with Crippen molar-refractivity contribution in [1.82, 2.24) is 15.1 Å². The number of esters is 1. The largest absolute Gasteiger partial charge is 0.451 e. The Morgan fingerprint density at radius 2 is 2.12 bits per heavy atom. The van der Waals surface area contributed by atoms with Crippen molar-refractivity contribution in [3.63, 3.8) is 0 Å². The fourth-order valence-corrected chi connectivity index (χ4v) is 3.13. The van der Waals surface area contributed by atoms with E-state index in [1.807, 2.05) is 35.7 Å². The molecule has 1 amide bonds. The molecule has 0 radical (unpaired) electrons. The van der Waals surface area contributed by atoms with Crippen LogP contribution in [0, 0.1) is 0 Å². The Hall–Kier alpha value is -2.93. The van der Waals surface area contributed by atoms with E-state index in [-0.39, 0.29) is 18.2 Å². The number of aromatic amines is 1. The zero-order valence-electron chi connectivity index (χ0n) is 13.5. The van der Waals surface area contributed by atoms with Crippen molar-refractivity contribution in [2.24, 2.45) is 0 Å². The van der Waals surface area contributed by atoms with Crippen molar-refractivity contribution in [1.29, 1.82) is 0 Å². The number of amides is 1. The lowest BCUT2D eigenvalue weighted by Gasteiger charge is -2.20. The summed E-state index contributed by atoms with van der Waals surface area (Å²) in [6, 6.07) is 11.1. The number of aromatic nitrogens is 2. The van der Waals surface area contributed by atoms with E-state index >= 15 is 0 Å². The Balaban J connectivity index is 1.63. The molecule has 3 rings (SSSR count). The zero-order chi connectivity index (χ0) is 17.6. The number of carbonyl (C=O) groups excluding carboxylic acids is 2. The van der Waals surface area contributed by atoms with Crippen molar-refractivity contribution in [2.45, 2.75) is 6.54 Å². The number of para-hydroxylation sites is 1. The second-order valence-electron chi connectivity index (χ2n) is 5.34. The molecular weight excluding hydrogens is 338 g/mol. The number of ether oxygens (including phenoxy) is 1. The number of nitrogens with zero attached hydrogens (tertiary/aromatic N) is 2. The molecule has 0 saturated carbocycles. The number of rotatable bonds is 7. The van der Waals surface area contributed by atoms with E-state index in [2.05, 4.69) is 16.8 Å². The maximum atomic E-state index is 12.4. The molecule has 25 heavy (non-hydrogen) atoms. The van der Waals surface area contributed by atoms with Crippen LogP contribution in [-0.2, 0) is 16.1 Å². The van der Waals surface area contributed by atoms with Gasteiger partial charge in [0.15, 0.2) is 12.3 Å². The van der Waals surface area contributed by atoms with E-state index in [9.17, 15) is 9.59 Å². The van der Waals surface area contributed by atoms with Gasteiger partial charge in [0, 0.05) is 16.8 Å². The summed E-state index contributed by atoms with van der Waals surface area (Å²) in [4.78, 5) is 27.2. The van der Waals surface area contributed by atoms with Crippen molar-refractivity contribution < 1.29 is 14.3 Å². The minimum atomic E-state index is -0.625. The van der Waals surface area contributed by atoms with Crippen molar-refractivity contribution in [3.05, 3.63) is 65.0 Å². The number of fused-ring (bicyclic) bond motifs is 1. The molecule has 3 aromatic rings. The van der Waals surface area contributed by atoms with Crippen LogP contribution in [-0.4, -0.2) is 40.1 Å². The molecule has 0 atom stereocenters. The molecule has 0 fully saturated rings. The van der Waals surface area contributed by atoms with Gasteiger partial charge in [0.05, 0.1) is 12.1 Å². The highest BCUT2D eigenvalue weighted by atomic mass is 32.1. The van der Waals surface area contributed by atoms with Gasteiger partial charge in [-0.15, -0.1) is 17.9 Å². The number of thiophene rings is 1. The summed E-state index contributed by atoms with van der Waals surface area (Å²) in [5, 5.41) is 9.37. The lowest BCUT2D eigenvalue weighted by atomic mass is 10.2. The third-order valence-electron chi connectivity index (χ3n) is 3.62. The summed E-state index contributed by atoms with van der Waals surface area (Å²) in [5.74, 6) is -0.901. The van der Waals surface area contributed by atoms with Crippen LogP contribution in [0.5, 0.6) is 0 Å². The van der Waals surface area contributed by atoms with E-state index in [0.29, 0.717) is 18.5 Å². The van der Waals surface area contributed by atoms with Crippen LogP contribution in [0.15, 0.2) is 54.4 Å². The first-order chi connectivity index (χ1) is 12.2. The smallest absolute Gasteiger partial charge is 0.359 e. The maximum absolute atomic E-state index is 12.4. The van der Waals surface area contributed by atoms with Crippen molar-refractivity contribution >= 4 is 34.1 Å². The van der Waals surface area contributed by atoms with Crippen LogP contribution in [0.3, 0.4) is 0 Å². The van der Waals surface area contributed by atoms with E-state index < -0.39 is 5.97 Å². The predicted octanol–water partition coefficient (Wildman–Crippen LogP) is 3.00. The Kier molecular flexibility index (Phi) is 5.25. The fourth-order valence-electron chi connectivity index (χ4n) is 2.41. The van der Waals surface area contributed by atoms with E-state index in [0.717, 1.165) is 10.4 Å². The van der Waals surface area contributed by atoms with Crippen LogP contribution in [0.2, 0.25) is 0 Å². The highest BCUT2D eigenvalue weighted by molar-refractivity contribution is 7.09. The molecule has 7 heteroatoms. The molecule has 1 aromatic carbocycles. The van der Waals surface area contributed by atoms with Crippen LogP contribution in [0.4, 0.5) is 0 Å². The molecule has 0 spiro atoms. The first-order valence-corrected chi connectivity index (χ1v) is 8.58. The molecule has 0 bridgehead atoms. The van der Waals surface area contributed by atoms with E-state index in [1.165, 1.54) is 0 Å². The van der Waals surface area contributed by atoms with Gasteiger partial charge in [0.2, 0.25) is 0 Å². The lowest BCUT2D eigenvalue weighted by molar-refractivity contribution is -0.134. The number of nitrogens with one attached hydrogen (secondary N) is 1. The van der Waals surface area contributed by atoms with Gasteiger partial charge in [-0.1, -0.05) is 30.3 Å². The molecule has 0 aliphatic carbocycles. The van der Waals surface area contributed by atoms with Gasteiger partial charge in [-0.05, 0) is 17.5 Å². The molecule has 0 saturated heterocycles. The molecule has 0 unspecified atom stereocenters. The van der Waals surface area contributed by atoms with Crippen LogP contribution >= 0.6 is 11.3 Å². The third-order valence-corrected chi connectivity index (χ3v) is 4.48.